The minimum Gasteiger partial charge on any atom is -0.466 e. The standard InChI is InChI=1S/C7H10Cl2O2/c1-11-7(10)5-6(9)3-2-4-8/h5H,2-4H2,1H3/b6-5-. The van der Waals surface area contributed by atoms with Gasteiger partial charge in [0, 0.05) is 17.0 Å². The van der Waals surface area contributed by atoms with Gasteiger partial charge in [0.2, 0.25) is 0 Å². The molecule has 4 heteroatoms. The second kappa shape index (κ2) is 6.50. The van der Waals surface area contributed by atoms with Crippen LogP contribution in [0.4, 0.5) is 0 Å². The molecule has 2 nitrogen and oxygen atoms in total. The van der Waals surface area contributed by atoms with Crippen molar-refractivity contribution in [3.63, 3.8) is 0 Å². The summed E-state index contributed by atoms with van der Waals surface area (Å²) in [4.78, 5) is 10.6. The third kappa shape index (κ3) is 6.20. The average Bonchev–Trinajstić information content (AvgIpc) is 2.00. The van der Waals surface area contributed by atoms with Gasteiger partial charge >= 0.3 is 5.97 Å². The Morgan fingerprint density at radius 1 is 1.64 bits per heavy atom. The lowest BCUT2D eigenvalue weighted by atomic mass is 10.3. The van der Waals surface area contributed by atoms with Gasteiger partial charge in [-0.25, -0.2) is 4.79 Å². The van der Waals surface area contributed by atoms with Crippen LogP contribution in [0, 0.1) is 0 Å². The van der Waals surface area contributed by atoms with Crippen LogP contribution in [-0.4, -0.2) is 19.0 Å². The number of methoxy groups -OCH3 is 1. The fourth-order valence-electron chi connectivity index (χ4n) is 0.495. The summed E-state index contributed by atoms with van der Waals surface area (Å²) in [5.74, 6) is 0.121. The van der Waals surface area contributed by atoms with Crippen LogP contribution in [0.15, 0.2) is 11.1 Å². The van der Waals surface area contributed by atoms with Gasteiger partial charge in [-0.1, -0.05) is 11.6 Å². The fourth-order valence-corrected chi connectivity index (χ4v) is 0.851. The quantitative estimate of drug-likeness (QED) is 0.392. The lowest BCUT2D eigenvalue weighted by Gasteiger charge is -1.94. The number of allylic oxidation sites excluding steroid dienone is 1. The number of alkyl halides is 1. The minimum absolute atomic E-state index is 0.426. The SMILES string of the molecule is COC(=O)/C=C(\Cl)CCCCl. The van der Waals surface area contributed by atoms with Gasteiger partial charge in [-0.2, -0.15) is 0 Å². The molecule has 0 saturated heterocycles. The van der Waals surface area contributed by atoms with E-state index < -0.39 is 5.97 Å². The van der Waals surface area contributed by atoms with E-state index in [-0.39, 0.29) is 0 Å². The van der Waals surface area contributed by atoms with Crippen molar-refractivity contribution in [3.8, 4) is 0 Å². The van der Waals surface area contributed by atoms with Gasteiger partial charge in [-0.3, -0.25) is 0 Å². The molecule has 0 rings (SSSR count). The van der Waals surface area contributed by atoms with E-state index in [1.807, 2.05) is 0 Å². The van der Waals surface area contributed by atoms with Crippen molar-refractivity contribution in [2.45, 2.75) is 12.8 Å². The zero-order chi connectivity index (χ0) is 8.69. The van der Waals surface area contributed by atoms with Crippen LogP contribution in [-0.2, 0) is 9.53 Å². The molecule has 0 unspecified atom stereocenters. The first-order valence-corrected chi connectivity index (χ1v) is 4.12. The zero-order valence-electron chi connectivity index (χ0n) is 6.27. The van der Waals surface area contributed by atoms with Crippen molar-refractivity contribution in [3.05, 3.63) is 11.1 Å². The van der Waals surface area contributed by atoms with E-state index in [4.69, 9.17) is 23.2 Å². The molecule has 0 N–H and O–H groups in total. The Morgan fingerprint density at radius 3 is 2.73 bits per heavy atom. The third-order valence-electron chi connectivity index (χ3n) is 1.02. The molecule has 0 aliphatic heterocycles. The number of ether oxygens (including phenoxy) is 1. The molecule has 0 saturated carbocycles. The fraction of sp³-hybridized carbons (Fsp3) is 0.571. The second-order valence-corrected chi connectivity index (χ2v) is 2.77. The Labute approximate surface area is 76.1 Å². The molecule has 0 aliphatic carbocycles. The summed E-state index contributed by atoms with van der Waals surface area (Å²) >= 11 is 11.0. The van der Waals surface area contributed by atoms with Gasteiger partial charge in [0.15, 0.2) is 0 Å². The number of hydrogen-bond acceptors (Lipinski definition) is 2. The highest BCUT2D eigenvalue weighted by atomic mass is 35.5. The normalized spacial score (nSPS) is 11.4. The van der Waals surface area contributed by atoms with Crippen LogP contribution >= 0.6 is 23.2 Å². The highest BCUT2D eigenvalue weighted by Crippen LogP contribution is 2.10. The summed E-state index contributed by atoms with van der Waals surface area (Å²) in [6.45, 7) is 0. The van der Waals surface area contributed by atoms with E-state index in [0.29, 0.717) is 17.3 Å². The maximum atomic E-state index is 10.6. The number of carbonyl (C=O) groups is 1. The van der Waals surface area contributed by atoms with Crippen molar-refractivity contribution < 1.29 is 9.53 Å². The molecule has 0 aromatic carbocycles. The van der Waals surface area contributed by atoms with E-state index in [1.54, 1.807) is 0 Å². The maximum Gasteiger partial charge on any atom is 0.331 e. The predicted octanol–water partition coefficient (Wildman–Crippen LogP) is 2.30. The van der Waals surface area contributed by atoms with Gasteiger partial charge in [0.05, 0.1) is 7.11 Å². The summed E-state index contributed by atoms with van der Waals surface area (Å²) in [6, 6.07) is 0. The zero-order valence-corrected chi connectivity index (χ0v) is 7.78. The predicted molar refractivity (Wildman–Crippen MR) is 45.9 cm³/mol. The molecule has 0 aliphatic rings. The molecule has 0 aromatic rings. The lowest BCUT2D eigenvalue weighted by Crippen LogP contribution is -1.95. The van der Waals surface area contributed by atoms with Crippen LogP contribution in [0.25, 0.3) is 0 Å². The third-order valence-corrected chi connectivity index (χ3v) is 1.59. The number of hydrogen-bond donors (Lipinski definition) is 0. The van der Waals surface area contributed by atoms with Gasteiger partial charge in [-0.05, 0) is 12.8 Å². The summed E-state index contributed by atoms with van der Waals surface area (Å²) in [7, 11) is 1.31. The lowest BCUT2D eigenvalue weighted by molar-refractivity contribution is -0.134. The Morgan fingerprint density at radius 2 is 2.27 bits per heavy atom. The summed E-state index contributed by atoms with van der Waals surface area (Å²) in [6.07, 6.45) is 2.65. The number of rotatable bonds is 4. The van der Waals surface area contributed by atoms with Gasteiger partial charge in [-0.15, -0.1) is 11.6 Å². The summed E-state index contributed by atoms with van der Waals surface area (Å²) in [5.41, 5.74) is 0. The van der Waals surface area contributed by atoms with Crippen molar-refractivity contribution in [2.75, 3.05) is 13.0 Å². The Balaban J connectivity index is 3.70. The van der Waals surface area contributed by atoms with E-state index in [1.165, 1.54) is 13.2 Å². The molecule has 0 amide bonds. The smallest absolute Gasteiger partial charge is 0.331 e. The van der Waals surface area contributed by atoms with Crippen LogP contribution in [0.2, 0.25) is 0 Å². The molecule has 0 bridgehead atoms. The Bertz CT molecular complexity index is 155. The molecular formula is C7H10Cl2O2. The number of halogens is 2. The molecule has 0 spiro atoms. The molecule has 0 atom stereocenters. The molecule has 0 aromatic heterocycles. The van der Waals surface area contributed by atoms with Crippen molar-refractivity contribution in [1.82, 2.24) is 0 Å². The molecule has 0 fully saturated rings. The first-order chi connectivity index (χ1) is 5.20. The van der Waals surface area contributed by atoms with Crippen molar-refractivity contribution >= 4 is 29.2 Å². The summed E-state index contributed by atoms with van der Waals surface area (Å²) in [5, 5.41) is 0.484. The molecule has 0 radical (unpaired) electrons. The first-order valence-electron chi connectivity index (χ1n) is 3.20. The Kier molecular flexibility index (Phi) is 6.37. The number of carbonyl (C=O) groups excluding carboxylic acids is 1. The maximum absolute atomic E-state index is 10.6. The topological polar surface area (TPSA) is 26.3 Å². The highest BCUT2D eigenvalue weighted by Gasteiger charge is 1.97. The van der Waals surface area contributed by atoms with Crippen LogP contribution in [0.3, 0.4) is 0 Å². The van der Waals surface area contributed by atoms with Gasteiger partial charge in [0.25, 0.3) is 0 Å². The van der Waals surface area contributed by atoms with Crippen LogP contribution < -0.4 is 0 Å². The molecule has 0 heterocycles. The van der Waals surface area contributed by atoms with Gasteiger partial charge in [0.1, 0.15) is 0 Å². The Hall–Kier alpha value is -0.210. The van der Waals surface area contributed by atoms with E-state index >= 15 is 0 Å². The first kappa shape index (κ1) is 10.8. The average molecular weight is 197 g/mol. The van der Waals surface area contributed by atoms with E-state index in [0.717, 1.165) is 6.42 Å². The molecule has 64 valence electrons. The summed E-state index contributed by atoms with van der Waals surface area (Å²) < 4.78 is 4.37. The van der Waals surface area contributed by atoms with E-state index in [9.17, 15) is 4.79 Å². The monoisotopic (exact) mass is 196 g/mol. The van der Waals surface area contributed by atoms with Crippen molar-refractivity contribution in [1.29, 1.82) is 0 Å². The van der Waals surface area contributed by atoms with E-state index in [2.05, 4.69) is 4.74 Å². The van der Waals surface area contributed by atoms with Crippen molar-refractivity contribution in [2.24, 2.45) is 0 Å². The minimum atomic E-state index is -0.426. The molecular weight excluding hydrogens is 187 g/mol. The second-order valence-electron chi connectivity index (χ2n) is 1.91. The number of esters is 1. The highest BCUT2D eigenvalue weighted by molar-refractivity contribution is 6.30. The largest absolute Gasteiger partial charge is 0.466 e. The van der Waals surface area contributed by atoms with Crippen LogP contribution in [0.1, 0.15) is 12.8 Å². The van der Waals surface area contributed by atoms with Crippen LogP contribution in [0.5, 0.6) is 0 Å². The van der Waals surface area contributed by atoms with Gasteiger partial charge < -0.3 is 4.74 Å². The molecule has 11 heavy (non-hydrogen) atoms.